The highest BCUT2D eigenvalue weighted by Crippen LogP contribution is 2.32. The zero-order valence-corrected chi connectivity index (χ0v) is 25.4. The maximum Gasteiger partial charge on any atom is 0.157 e. The van der Waals surface area contributed by atoms with E-state index in [-0.39, 0.29) is 56.5 Å². The summed E-state index contributed by atoms with van der Waals surface area (Å²) in [6, 6.07) is 0. The Morgan fingerprint density at radius 3 is 1.77 bits per heavy atom. The molecule has 2 heterocycles. The molecule has 0 spiro atoms. The summed E-state index contributed by atoms with van der Waals surface area (Å²) in [7, 11) is 6.64. The zero-order chi connectivity index (χ0) is 28.1. The molecule has 0 aliphatic carbocycles. The van der Waals surface area contributed by atoms with Crippen LogP contribution in [0.3, 0.4) is 0 Å². The fourth-order valence-corrected chi connectivity index (χ4v) is 5.72. The average Bonchev–Trinajstić information content (AvgIpc) is 3.44. The summed E-state index contributed by atoms with van der Waals surface area (Å²) in [5.41, 5.74) is 0. The fourth-order valence-electron chi connectivity index (χ4n) is 5.72. The van der Waals surface area contributed by atoms with Gasteiger partial charge < -0.3 is 42.6 Å². The molecular formula is C30H58O9. The monoisotopic (exact) mass is 562 g/mol. The number of ether oxygens (including phenoxy) is 9. The molecule has 0 N–H and O–H groups in total. The zero-order valence-electron chi connectivity index (χ0n) is 25.4. The number of rotatable bonds is 24. The summed E-state index contributed by atoms with van der Waals surface area (Å²) in [5, 5.41) is 0. The van der Waals surface area contributed by atoms with Gasteiger partial charge in [0.1, 0.15) is 20.4 Å². The number of hydrogen-bond acceptors (Lipinski definition) is 9. The van der Waals surface area contributed by atoms with Crippen molar-refractivity contribution in [2.45, 2.75) is 146 Å². The van der Waals surface area contributed by atoms with Crippen molar-refractivity contribution in [3.05, 3.63) is 0 Å². The predicted molar refractivity (Wildman–Crippen MR) is 150 cm³/mol. The molecule has 39 heavy (non-hydrogen) atoms. The minimum absolute atomic E-state index is 0.0259. The smallest absolute Gasteiger partial charge is 0.157 e. The Bertz CT molecular complexity index is 567. The van der Waals surface area contributed by atoms with Gasteiger partial charge in [0.05, 0.1) is 36.6 Å². The van der Waals surface area contributed by atoms with Crippen LogP contribution >= 0.6 is 0 Å². The van der Waals surface area contributed by atoms with Crippen LogP contribution in [0.4, 0.5) is 0 Å². The van der Waals surface area contributed by atoms with Crippen molar-refractivity contribution >= 4 is 0 Å². The second-order valence-electron chi connectivity index (χ2n) is 10.9. The van der Waals surface area contributed by atoms with Crippen LogP contribution in [0.25, 0.3) is 0 Å². The Morgan fingerprint density at radius 1 is 0.641 bits per heavy atom. The molecule has 0 amide bonds. The van der Waals surface area contributed by atoms with Gasteiger partial charge in [-0.2, -0.15) is 0 Å². The average molecular weight is 563 g/mol. The van der Waals surface area contributed by atoms with E-state index >= 15 is 0 Å². The lowest BCUT2D eigenvalue weighted by Crippen LogP contribution is -2.46. The second kappa shape index (κ2) is 22.3. The lowest BCUT2D eigenvalue weighted by Gasteiger charge is -2.40. The Morgan fingerprint density at radius 2 is 1.21 bits per heavy atom. The number of methoxy groups -OCH3 is 4. The molecule has 0 aromatic carbocycles. The molecule has 1 unspecified atom stereocenters. The Balaban J connectivity index is 1.93. The van der Waals surface area contributed by atoms with E-state index < -0.39 is 0 Å². The minimum Gasteiger partial charge on any atom is -0.370 e. The van der Waals surface area contributed by atoms with E-state index in [1.165, 1.54) is 44.9 Å². The Hall–Kier alpha value is -0.360. The molecule has 232 valence electrons. The van der Waals surface area contributed by atoms with E-state index in [1.54, 1.807) is 28.4 Å². The van der Waals surface area contributed by atoms with Crippen molar-refractivity contribution < 1.29 is 42.6 Å². The third-order valence-corrected chi connectivity index (χ3v) is 7.88. The van der Waals surface area contributed by atoms with Gasteiger partial charge in [0.15, 0.2) is 6.29 Å². The first-order chi connectivity index (χ1) is 19.2. The quantitative estimate of drug-likeness (QED) is 0.104. The van der Waals surface area contributed by atoms with Crippen molar-refractivity contribution in [2.24, 2.45) is 0 Å². The minimum atomic E-state index is -0.174. The Kier molecular flexibility index (Phi) is 19.9. The third kappa shape index (κ3) is 13.9. The first-order valence-corrected chi connectivity index (χ1v) is 15.3. The topological polar surface area (TPSA) is 83.1 Å². The van der Waals surface area contributed by atoms with Gasteiger partial charge in [-0.15, -0.1) is 0 Å². The van der Waals surface area contributed by atoms with E-state index in [9.17, 15) is 0 Å². The molecule has 2 aliphatic heterocycles. The van der Waals surface area contributed by atoms with Gasteiger partial charge in [0, 0.05) is 34.9 Å². The maximum absolute atomic E-state index is 6.71. The number of hydrogen-bond donors (Lipinski definition) is 0. The summed E-state index contributed by atoms with van der Waals surface area (Å²) in [6.07, 6.45) is 16.1. The normalized spacial score (nSPS) is 27.2. The highest BCUT2D eigenvalue weighted by Gasteiger charge is 2.38. The molecule has 2 fully saturated rings. The van der Waals surface area contributed by atoms with Gasteiger partial charge in [0.25, 0.3) is 0 Å². The molecular weight excluding hydrogens is 504 g/mol. The molecule has 2 aliphatic rings. The summed E-state index contributed by atoms with van der Waals surface area (Å²) in [4.78, 5) is 0. The lowest BCUT2D eigenvalue weighted by molar-refractivity contribution is -0.212. The largest absolute Gasteiger partial charge is 0.370 e. The van der Waals surface area contributed by atoms with E-state index in [0.29, 0.717) is 6.79 Å². The van der Waals surface area contributed by atoms with E-state index in [0.717, 1.165) is 51.4 Å². The van der Waals surface area contributed by atoms with E-state index in [2.05, 4.69) is 6.92 Å². The molecule has 2 rings (SSSR count). The van der Waals surface area contributed by atoms with E-state index in [1.807, 2.05) is 0 Å². The van der Waals surface area contributed by atoms with Crippen molar-refractivity contribution in [1.29, 1.82) is 0 Å². The molecule has 9 heteroatoms. The van der Waals surface area contributed by atoms with Crippen LogP contribution in [-0.4, -0.2) is 91.7 Å². The summed E-state index contributed by atoms with van der Waals surface area (Å²) in [6.45, 7) is 3.01. The molecule has 0 aromatic rings. The first-order valence-electron chi connectivity index (χ1n) is 15.3. The van der Waals surface area contributed by atoms with Crippen LogP contribution in [0.15, 0.2) is 0 Å². The van der Waals surface area contributed by atoms with Crippen LogP contribution in [0.2, 0.25) is 0 Å². The van der Waals surface area contributed by atoms with Crippen molar-refractivity contribution in [3.8, 4) is 0 Å². The number of unbranched alkanes of at least 4 members (excludes halogenated alkanes) is 7. The van der Waals surface area contributed by atoms with Crippen LogP contribution in [0.5, 0.6) is 0 Å². The SMILES string of the molecule is CCCCCCCCCC[C@@H]1O[C@H]([C@H](CC[C@H](OCOC)[C@@H]2CCC(OC)O2)OCOC)CC[C@H]1OCOC. The molecule has 0 radical (unpaired) electrons. The highest BCUT2D eigenvalue weighted by atomic mass is 16.7. The molecule has 0 saturated carbocycles. The molecule has 7 atom stereocenters. The molecule has 2 saturated heterocycles. The summed E-state index contributed by atoms with van der Waals surface area (Å²) >= 11 is 0. The maximum atomic E-state index is 6.71. The van der Waals surface area contributed by atoms with Crippen molar-refractivity contribution in [3.63, 3.8) is 0 Å². The Labute approximate surface area is 237 Å². The predicted octanol–water partition coefficient (Wildman–Crippen LogP) is 5.96. The van der Waals surface area contributed by atoms with Gasteiger partial charge >= 0.3 is 0 Å². The molecule has 9 nitrogen and oxygen atoms in total. The van der Waals surface area contributed by atoms with Gasteiger partial charge in [-0.05, 0) is 38.5 Å². The van der Waals surface area contributed by atoms with Crippen molar-refractivity contribution in [1.82, 2.24) is 0 Å². The van der Waals surface area contributed by atoms with Crippen LogP contribution in [0, 0.1) is 0 Å². The standard InChI is InChI=1S/C30H58O9/c1-6-7-8-9-10-11-12-13-14-27-24(35-21-31-2)17-18-28(38-27)25(36-22-32-3)15-16-26(37-23-33-4)29-19-20-30(34-5)39-29/h24-30H,6-23H2,1-5H3/t24-,25+,26+,27+,28+,29+,30?/m1/s1. The van der Waals surface area contributed by atoms with Gasteiger partial charge in [-0.3, -0.25) is 0 Å². The molecule has 0 bridgehead atoms. The molecule has 0 aromatic heterocycles. The van der Waals surface area contributed by atoms with Crippen LogP contribution in [0.1, 0.15) is 103 Å². The highest BCUT2D eigenvalue weighted by molar-refractivity contribution is 4.86. The third-order valence-electron chi connectivity index (χ3n) is 7.88. The van der Waals surface area contributed by atoms with Gasteiger partial charge in [-0.1, -0.05) is 58.3 Å². The fraction of sp³-hybridized carbons (Fsp3) is 1.00. The van der Waals surface area contributed by atoms with Gasteiger partial charge in [-0.25, -0.2) is 0 Å². The first kappa shape index (κ1) is 34.8. The lowest BCUT2D eigenvalue weighted by atomic mass is 9.92. The van der Waals surface area contributed by atoms with E-state index in [4.69, 9.17) is 42.6 Å². The van der Waals surface area contributed by atoms with Gasteiger partial charge in [0.2, 0.25) is 0 Å². The van der Waals surface area contributed by atoms with Crippen LogP contribution < -0.4 is 0 Å². The van der Waals surface area contributed by atoms with Crippen molar-refractivity contribution in [2.75, 3.05) is 48.8 Å². The summed E-state index contributed by atoms with van der Waals surface area (Å²) in [5.74, 6) is 0. The van der Waals surface area contributed by atoms with Crippen LogP contribution in [-0.2, 0) is 42.6 Å². The summed E-state index contributed by atoms with van der Waals surface area (Å²) < 4.78 is 52.1. The second-order valence-corrected chi connectivity index (χ2v) is 10.9.